The minimum absolute atomic E-state index is 0. The van der Waals surface area contributed by atoms with Gasteiger partial charge in [0.2, 0.25) is 0 Å². The summed E-state index contributed by atoms with van der Waals surface area (Å²) in [6.45, 7) is 6.65. The maximum absolute atomic E-state index is 11.5. The molecule has 18 heavy (non-hydrogen) atoms. The Hall–Kier alpha value is 2.39. The van der Waals surface area contributed by atoms with E-state index >= 15 is 0 Å². The van der Waals surface area contributed by atoms with E-state index in [0.717, 1.165) is 0 Å². The average Bonchev–Trinajstić information content (AvgIpc) is 1.98. The molecule has 0 radical (unpaired) electrons. The van der Waals surface area contributed by atoms with Gasteiger partial charge in [-0.25, -0.2) is 4.79 Å². The van der Waals surface area contributed by atoms with Gasteiger partial charge in [-0.1, -0.05) is 13.8 Å². The zero-order chi connectivity index (χ0) is 12.9. The van der Waals surface area contributed by atoms with Crippen LogP contribution >= 0.6 is 12.2 Å². The number of carbonyl (C=O) groups excluding carboxylic acids is 1. The van der Waals surface area contributed by atoms with E-state index in [1.807, 2.05) is 0 Å². The first kappa shape index (κ1) is 25.4. The third-order valence-corrected chi connectivity index (χ3v) is 1.71. The summed E-state index contributed by atoms with van der Waals surface area (Å²) in [5.74, 6) is -1.67. The molecule has 92 valence electrons. The molecular formula is C10H14K2O4S2. The van der Waals surface area contributed by atoms with Crippen LogP contribution in [-0.4, -0.2) is 22.4 Å². The number of rotatable bonds is 5. The summed E-state index contributed by atoms with van der Waals surface area (Å²) < 4.78 is 9.45. The molecular weight excluding hydrogens is 326 g/mol. The van der Waals surface area contributed by atoms with Crippen LogP contribution in [0.1, 0.15) is 27.7 Å². The normalized spacial score (nSPS) is 11.0. The van der Waals surface area contributed by atoms with Crippen molar-refractivity contribution in [1.29, 1.82) is 0 Å². The molecule has 0 aromatic carbocycles. The minimum Gasteiger partial charge on any atom is -0.610 e. The summed E-state index contributed by atoms with van der Waals surface area (Å²) in [5.41, 5.74) is -0.382. The molecule has 0 atom stereocenters. The van der Waals surface area contributed by atoms with Crippen LogP contribution in [0, 0.1) is 0 Å². The fourth-order valence-electron chi connectivity index (χ4n) is 0.796. The van der Waals surface area contributed by atoms with Crippen molar-refractivity contribution in [2.45, 2.75) is 39.9 Å². The van der Waals surface area contributed by atoms with E-state index in [-0.39, 0.29) is 125 Å². The summed E-state index contributed by atoms with van der Waals surface area (Å²) in [6.07, 6.45) is -0.697. The Balaban J connectivity index is -0.00000112. The Kier molecular flexibility index (Phi) is 18.4. The summed E-state index contributed by atoms with van der Waals surface area (Å²) >= 11 is 9.30. The van der Waals surface area contributed by atoms with Gasteiger partial charge in [-0.3, -0.25) is 0 Å². The fraction of sp³-hybridized carbons (Fsp3) is 0.600. The van der Waals surface area contributed by atoms with Gasteiger partial charge in [0.1, 0.15) is 0 Å². The van der Waals surface area contributed by atoms with E-state index in [1.54, 1.807) is 27.7 Å². The maximum atomic E-state index is 11.5. The van der Waals surface area contributed by atoms with Crippen LogP contribution in [0.3, 0.4) is 0 Å². The molecule has 0 unspecified atom stereocenters. The van der Waals surface area contributed by atoms with Gasteiger partial charge < -0.3 is 39.4 Å². The van der Waals surface area contributed by atoms with Crippen molar-refractivity contribution in [2.75, 3.05) is 0 Å². The van der Waals surface area contributed by atoms with Crippen LogP contribution in [0.4, 0.5) is 0 Å². The molecule has 0 N–H and O–H groups in total. The zero-order valence-corrected chi connectivity index (χ0v) is 19.5. The molecule has 0 heterocycles. The van der Waals surface area contributed by atoms with Gasteiger partial charge in [-0.2, -0.15) is 0 Å². The fourth-order valence-corrected chi connectivity index (χ4v) is 1.13. The van der Waals surface area contributed by atoms with Gasteiger partial charge in [-0.15, -0.1) is 4.20 Å². The van der Waals surface area contributed by atoms with Gasteiger partial charge in [0.15, 0.2) is 0 Å². The first-order valence-corrected chi connectivity index (χ1v) is 5.57. The van der Waals surface area contributed by atoms with Gasteiger partial charge in [0.05, 0.1) is 17.6 Å². The maximum Gasteiger partial charge on any atom is 1.00 e. The van der Waals surface area contributed by atoms with Crippen LogP contribution in [0.25, 0.3) is 0 Å². The molecule has 8 heteroatoms. The smallest absolute Gasteiger partial charge is 0.610 e. The van der Waals surface area contributed by atoms with Crippen LogP contribution in [0.2, 0.25) is 0 Å². The molecule has 0 fully saturated rings. The topological polar surface area (TPSA) is 58.6 Å². The molecule has 0 amide bonds. The second kappa shape index (κ2) is 13.1. The Morgan fingerprint density at radius 3 is 1.78 bits per heavy atom. The summed E-state index contributed by atoms with van der Waals surface area (Å²) in [7, 11) is 0. The van der Waals surface area contributed by atoms with Crippen molar-refractivity contribution in [1.82, 2.24) is 0 Å². The van der Waals surface area contributed by atoms with Gasteiger partial charge >= 0.3 is 109 Å². The first-order valence-electron chi connectivity index (χ1n) is 4.76. The SMILES string of the molecule is CC(C)OC(=O)/C(C(=S)[S-])=C(/[O-])OC(C)C.[K+].[K+]. The van der Waals surface area contributed by atoms with E-state index < -0.39 is 11.9 Å². The van der Waals surface area contributed by atoms with Crippen molar-refractivity contribution >= 4 is 35.0 Å². The van der Waals surface area contributed by atoms with Gasteiger partial charge in [-0.05, 0) is 20.0 Å². The molecule has 0 saturated heterocycles. The number of carbonyl (C=O) groups is 1. The molecule has 0 spiro atoms. The summed E-state index contributed by atoms with van der Waals surface area (Å²) in [5, 5.41) is 11.5. The molecule has 0 bridgehead atoms. The average molecular weight is 341 g/mol. The number of ether oxygens (including phenoxy) is 2. The van der Waals surface area contributed by atoms with Crippen molar-refractivity contribution in [3.8, 4) is 0 Å². The summed E-state index contributed by atoms with van der Waals surface area (Å²) in [4.78, 5) is 11.5. The number of thiocarbonyl (C=S) groups is 1. The molecule has 0 aliphatic carbocycles. The summed E-state index contributed by atoms with van der Waals surface area (Å²) in [6, 6.07) is 0. The van der Waals surface area contributed by atoms with Crippen LogP contribution in [0.5, 0.6) is 0 Å². The Morgan fingerprint density at radius 2 is 1.50 bits per heavy atom. The van der Waals surface area contributed by atoms with Crippen LogP contribution in [0.15, 0.2) is 11.5 Å². The Labute approximate surface area is 204 Å². The third kappa shape index (κ3) is 11.1. The van der Waals surface area contributed by atoms with E-state index in [2.05, 4.69) is 24.8 Å². The molecule has 0 rings (SSSR count). The first-order chi connectivity index (χ1) is 7.25. The molecule has 0 aromatic heterocycles. The molecule has 0 aromatic rings. The molecule has 0 aliphatic heterocycles. The number of hydrogen-bond donors (Lipinski definition) is 0. The predicted octanol–water partition coefficient (Wildman–Crippen LogP) is -5.18. The second-order valence-electron chi connectivity index (χ2n) is 3.57. The number of hydrogen-bond acceptors (Lipinski definition) is 6. The van der Waals surface area contributed by atoms with Crippen molar-refractivity contribution in [3.63, 3.8) is 0 Å². The van der Waals surface area contributed by atoms with Crippen LogP contribution < -0.4 is 108 Å². The van der Waals surface area contributed by atoms with Crippen LogP contribution in [-0.2, 0) is 26.9 Å². The van der Waals surface area contributed by atoms with E-state index in [0.29, 0.717) is 0 Å². The van der Waals surface area contributed by atoms with Crippen molar-refractivity contribution in [3.05, 3.63) is 11.5 Å². The largest absolute Gasteiger partial charge is 1.00 e. The van der Waals surface area contributed by atoms with E-state index in [4.69, 9.17) is 9.47 Å². The van der Waals surface area contributed by atoms with Gasteiger partial charge in [0, 0.05) is 0 Å². The van der Waals surface area contributed by atoms with E-state index in [1.165, 1.54) is 0 Å². The molecule has 0 saturated carbocycles. The quantitative estimate of drug-likeness (QED) is 0.125. The van der Waals surface area contributed by atoms with Crippen molar-refractivity contribution in [2.24, 2.45) is 0 Å². The molecule has 0 aliphatic rings. The van der Waals surface area contributed by atoms with Gasteiger partial charge in [0.25, 0.3) is 0 Å². The Bertz CT molecular complexity index is 317. The zero-order valence-electron chi connectivity index (χ0n) is 11.6. The molecule has 4 nitrogen and oxygen atoms in total. The monoisotopic (exact) mass is 340 g/mol. The standard InChI is InChI=1S/C10H16O4S2.2K/c1-5(2)13-8(11)7(10(15)16)9(12)14-6(3)4;;/h5-6,11H,1-4H3,(H,15,16);;/q;2*+1/p-2/b8-7+;;. The third-order valence-electron chi connectivity index (χ3n) is 1.30. The predicted molar refractivity (Wildman–Crippen MR) is 64.4 cm³/mol. The van der Waals surface area contributed by atoms with Crippen molar-refractivity contribution < 1.29 is 122 Å². The Morgan fingerprint density at radius 1 is 1.11 bits per heavy atom. The second-order valence-corrected chi connectivity index (χ2v) is 4.65. The van der Waals surface area contributed by atoms with E-state index in [9.17, 15) is 9.90 Å². The minimum atomic E-state index is -0.833. The number of esters is 1.